The first-order valence-corrected chi connectivity index (χ1v) is 6.41. The minimum atomic E-state index is -0.528. The van der Waals surface area contributed by atoms with E-state index >= 15 is 0 Å². The van der Waals surface area contributed by atoms with Crippen LogP contribution in [0, 0.1) is 10.8 Å². The minimum Gasteiger partial charge on any atom is -0.348 e. The van der Waals surface area contributed by atoms with Gasteiger partial charge in [0.15, 0.2) is 0 Å². The monoisotopic (exact) mass is 256 g/mol. The van der Waals surface area contributed by atoms with Gasteiger partial charge in [-0.1, -0.05) is 27.7 Å². The van der Waals surface area contributed by atoms with E-state index in [4.69, 9.17) is 0 Å². The van der Waals surface area contributed by atoms with Gasteiger partial charge in [0.05, 0.1) is 0 Å². The van der Waals surface area contributed by atoms with Crippen molar-refractivity contribution >= 4 is 11.8 Å². The zero-order chi connectivity index (χ0) is 14.7. The smallest absolute Gasteiger partial charge is 0.228 e. The van der Waals surface area contributed by atoms with E-state index in [1.54, 1.807) is 38.0 Å². The third-order valence-electron chi connectivity index (χ3n) is 3.52. The second kappa shape index (κ2) is 5.72. The van der Waals surface area contributed by atoms with Crippen LogP contribution in [0.15, 0.2) is 0 Å². The van der Waals surface area contributed by atoms with E-state index in [2.05, 4.69) is 0 Å². The molecule has 0 saturated heterocycles. The van der Waals surface area contributed by atoms with Crippen LogP contribution < -0.4 is 0 Å². The van der Waals surface area contributed by atoms with Gasteiger partial charge in [-0.2, -0.15) is 0 Å². The summed E-state index contributed by atoms with van der Waals surface area (Å²) in [5.74, 6) is 0.151. The number of carbonyl (C=O) groups excluding carboxylic acids is 2. The molecule has 0 aliphatic heterocycles. The maximum absolute atomic E-state index is 12.3. The zero-order valence-electron chi connectivity index (χ0n) is 13.1. The summed E-state index contributed by atoms with van der Waals surface area (Å²) in [7, 11) is 7.02. The molecule has 106 valence electrons. The second-order valence-electron chi connectivity index (χ2n) is 6.37. The van der Waals surface area contributed by atoms with Crippen LogP contribution in [-0.4, -0.2) is 49.8 Å². The molecule has 0 radical (unpaired) electrons. The molecule has 4 heteroatoms. The molecule has 0 aromatic rings. The largest absolute Gasteiger partial charge is 0.348 e. The molecule has 0 N–H and O–H groups in total. The Balaban J connectivity index is 5.14. The Morgan fingerprint density at radius 2 is 1.28 bits per heavy atom. The lowest BCUT2D eigenvalue weighted by atomic mass is 9.71. The molecule has 4 nitrogen and oxygen atoms in total. The molecule has 0 aromatic carbocycles. The van der Waals surface area contributed by atoms with Crippen molar-refractivity contribution in [3.05, 3.63) is 0 Å². The van der Waals surface area contributed by atoms with Crippen molar-refractivity contribution in [3.8, 4) is 0 Å². The molecule has 0 aliphatic carbocycles. The molecule has 1 atom stereocenters. The normalized spacial score (nSPS) is 14.9. The highest BCUT2D eigenvalue weighted by atomic mass is 16.2. The summed E-state index contributed by atoms with van der Waals surface area (Å²) in [6.45, 7) is 7.76. The van der Waals surface area contributed by atoms with Gasteiger partial charge in [-0.3, -0.25) is 9.59 Å². The van der Waals surface area contributed by atoms with Crippen LogP contribution in [0.25, 0.3) is 0 Å². The molecule has 0 bridgehead atoms. The summed E-state index contributed by atoms with van der Waals surface area (Å²) in [6, 6.07) is 0. The first kappa shape index (κ1) is 16.9. The summed E-state index contributed by atoms with van der Waals surface area (Å²) in [4.78, 5) is 27.6. The summed E-state index contributed by atoms with van der Waals surface area (Å²) < 4.78 is 0. The molecular weight excluding hydrogens is 228 g/mol. The van der Waals surface area contributed by atoms with E-state index in [1.807, 2.05) is 27.7 Å². The van der Waals surface area contributed by atoms with Crippen molar-refractivity contribution in [2.45, 2.75) is 40.5 Å². The lowest BCUT2D eigenvalue weighted by Crippen LogP contribution is -2.45. The van der Waals surface area contributed by atoms with Gasteiger partial charge in [0.25, 0.3) is 0 Å². The van der Waals surface area contributed by atoms with Gasteiger partial charge in [0, 0.05) is 39.0 Å². The summed E-state index contributed by atoms with van der Waals surface area (Å²) >= 11 is 0. The zero-order valence-corrected chi connectivity index (χ0v) is 13.1. The van der Waals surface area contributed by atoms with Crippen LogP contribution in [0.1, 0.15) is 40.5 Å². The molecule has 0 rings (SSSR count). The summed E-state index contributed by atoms with van der Waals surface area (Å²) in [5, 5.41) is 0. The quantitative estimate of drug-likeness (QED) is 0.755. The van der Waals surface area contributed by atoms with Crippen LogP contribution in [0.2, 0.25) is 0 Å². The summed E-state index contributed by atoms with van der Waals surface area (Å²) in [5.41, 5.74) is -1.02. The van der Waals surface area contributed by atoms with Gasteiger partial charge in [0.2, 0.25) is 11.8 Å². The number of rotatable bonds is 5. The second-order valence-corrected chi connectivity index (χ2v) is 6.37. The minimum absolute atomic E-state index is 0.0636. The lowest BCUT2D eigenvalue weighted by molar-refractivity contribution is -0.145. The molecule has 0 aliphatic rings. The standard InChI is InChI=1S/C14H28N2O2/c1-9-14(4,12(18)16(7)8)10-13(2,3)11(17)15(5)6/h9-10H2,1-8H3. The van der Waals surface area contributed by atoms with Crippen molar-refractivity contribution in [1.29, 1.82) is 0 Å². The number of carbonyl (C=O) groups is 2. The third-order valence-corrected chi connectivity index (χ3v) is 3.52. The highest BCUT2D eigenvalue weighted by Gasteiger charge is 2.42. The van der Waals surface area contributed by atoms with Crippen LogP contribution >= 0.6 is 0 Å². The summed E-state index contributed by atoms with van der Waals surface area (Å²) in [6.07, 6.45) is 1.29. The fourth-order valence-corrected chi connectivity index (χ4v) is 2.55. The number of hydrogen-bond acceptors (Lipinski definition) is 2. The van der Waals surface area contributed by atoms with Crippen molar-refractivity contribution in [1.82, 2.24) is 9.80 Å². The third kappa shape index (κ3) is 3.72. The van der Waals surface area contributed by atoms with E-state index in [9.17, 15) is 9.59 Å². The Kier molecular flexibility index (Phi) is 5.38. The fraction of sp³-hybridized carbons (Fsp3) is 0.857. The predicted molar refractivity (Wildman–Crippen MR) is 74.2 cm³/mol. The van der Waals surface area contributed by atoms with Gasteiger partial charge in [-0.25, -0.2) is 0 Å². The van der Waals surface area contributed by atoms with Crippen LogP contribution in [0.3, 0.4) is 0 Å². The van der Waals surface area contributed by atoms with Gasteiger partial charge < -0.3 is 9.80 Å². The predicted octanol–water partition coefficient (Wildman–Crippen LogP) is 2.00. The van der Waals surface area contributed by atoms with E-state index < -0.39 is 10.8 Å². The number of nitrogens with zero attached hydrogens (tertiary/aromatic N) is 2. The van der Waals surface area contributed by atoms with Gasteiger partial charge in [-0.05, 0) is 12.8 Å². The molecule has 1 unspecified atom stereocenters. The SMILES string of the molecule is CCC(C)(CC(C)(C)C(=O)N(C)C)C(=O)N(C)C. The van der Waals surface area contributed by atoms with Gasteiger partial charge in [0.1, 0.15) is 0 Å². The van der Waals surface area contributed by atoms with Crippen LogP contribution in [-0.2, 0) is 9.59 Å². The Morgan fingerprint density at radius 3 is 1.56 bits per heavy atom. The first-order valence-electron chi connectivity index (χ1n) is 6.41. The van der Waals surface area contributed by atoms with Crippen LogP contribution in [0.5, 0.6) is 0 Å². The maximum Gasteiger partial charge on any atom is 0.228 e. The van der Waals surface area contributed by atoms with E-state index in [1.165, 1.54) is 0 Å². The molecule has 2 amide bonds. The first-order chi connectivity index (χ1) is 7.98. The number of amides is 2. The topological polar surface area (TPSA) is 40.6 Å². The van der Waals surface area contributed by atoms with Crippen LogP contribution in [0.4, 0.5) is 0 Å². The fourth-order valence-electron chi connectivity index (χ4n) is 2.55. The van der Waals surface area contributed by atoms with Gasteiger partial charge >= 0.3 is 0 Å². The molecule has 0 heterocycles. The average molecular weight is 256 g/mol. The van der Waals surface area contributed by atoms with Crippen molar-refractivity contribution in [2.24, 2.45) is 10.8 Å². The molecular formula is C14H28N2O2. The highest BCUT2D eigenvalue weighted by Crippen LogP contribution is 2.38. The van der Waals surface area contributed by atoms with Crippen molar-refractivity contribution < 1.29 is 9.59 Å². The maximum atomic E-state index is 12.3. The van der Waals surface area contributed by atoms with Gasteiger partial charge in [-0.15, -0.1) is 0 Å². The molecule has 0 aromatic heterocycles. The number of hydrogen-bond donors (Lipinski definition) is 0. The lowest BCUT2D eigenvalue weighted by Gasteiger charge is -2.37. The van der Waals surface area contributed by atoms with E-state index in [-0.39, 0.29) is 11.8 Å². The Labute approximate surface area is 111 Å². The molecule has 0 saturated carbocycles. The van der Waals surface area contributed by atoms with Crippen molar-refractivity contribution in [2.75, 3.05) is 28.2 Å². The molecule has 0 fully saturated rings. The Hall–Kier alpha value is -1.06. The van der Waals surface area contributed by atoms with E-state index in [0.717, 1.165) is 6.42 Å². The molecule has 0 spiro atoms. The highest BCUT2D eigenvalue weighted by molar-refractivity contribution is 5.85. The van der Waals surface area contributed by atoms with E-state index in [0.29, 0.717) is 6.42 Å². The average Bonchev–Trinajstić information content (AvgIpc) is 2.25. The Morgan fingerprint density at radius 1 is 0.889 bits per heavy atom. The Bertz CT molecular complexity index is 322. The molecule has 18 heavy (non-hydrogen) atoms. The van der Waals surface area contributed by atoms with Crippen molar-refractivity contribution in [3.63, 3.8) is 0 Å².